The number of para-hydroxylation sites is 1. The molecule has 0 amide bonds. The Balaban J connectivity index is 1.85. The number of fused-ring (bicyclic) bond motifs is 1. The number of benzene rings is 3. The smallest absolute Gasteiger partial charge is 0.345 e. The Labute approximate surface area is 176 Å². The van der Waals surface area contributed by atoms with Crippen molar-refractivity contribution < 1.29 is 13.9 Å². The molecule has 0 saturated heterocycles. The summed E-state index contributed by atoms with van der Waals surface area (Å²) in [5.41, 5.74) is 1.01. The molecule has 29 heavy (non-hydrogen) atoms. The summed E-state index contributed by atoms with van der Waals surface area (Å²) in [6.45, 7) is 0. The molecular formula is C23H14Cl2O4. The molecule has 4 rings (SSSR count). The molecule has 0 aliphatic carbocycles. The molecule has 3 aromatic carbocycles. The molecule has 4 nitrogen and oxygen atoms in total. The Hall–Kier alpha value is -3.08. The zero-order valence-electron chi connectivity index (χ0n) is 15.0. The Bertz CT molecular complexity index is 1260. The number of carbonyl (C=O) groups is 1. The standard InChI is InChI=1S/C23H14Cl2O4/c24-15-10-11-19(25)17(13-15)22(26)29-21-16-8-4-5-9-20(16)28-23(27)18(21)12-14-6-2-1-3-7-14/h1-11,13H,12H2. The van der Waals surface area contributed by atoms with Gasteiger partial charge in [0.1, 0.15) is 5.58 Å². The fourth-order valence-corrected chi connectivity index (χ4v) is 3.40. The van der Waals surface area contributed by atoms with Gasteiger partial charge in [-0.15, -0.1) is 0 Å². The second-order valence-electron chi connectivity index (χ2n) is 6.37. The van der Waals surface area contributed by atoms with Gasteiger partial charge in [0, 0.05) is 11.4 Å². The fourth-order valence-electron chi connectivity index (χ4n) is 3.03. The monoisotopic (exact) mass is 424 g/mol. The normalized spacial score (nSPS) is 10.8. The average Bonchev–Trinajstić information content (AvgIpc) is 2.73. The third kappa shape index (κ3) is 4.04. The number of hydrogen-bond donors (Lipinski definition) is 0. The van der Waals surface area contributed by atoms with E-state index < -0.39 is 11.6 Å². The highest BCUT2D eigenvalue weighted by Gasteiger charge is 2.21. The van der Waals surface area contributed by atoms with E-state index in [0.717, 1.165) is 5.56 Å². The molecule has 1 aromatic heterocycles. The van der Waals surface area contributed by atoms with E-state index in [1.807, 2.05) is 30.3 Å². The lowest BCUT2D eigenvalue weighted by molar-refractivity contribution is 0.0735. The predicted molar refractivity (Wildman–Crippen MR) is 113 cm³/mol. The number of ether oxygens (including phenoxy) is 1. The Kier molecular flexibility index (Phi) is 5.38. The van der Waals surface area contributed by atoms with Crippen LogP contribution in [0.15, 0.2) is 82.0 Å². The van der Waals surface area contributed by atoms with Crippen LogP contribution in [-0.2, 0) is 6.42 Å². The largest absolute Gasteiger partial charge is 0.422 e. The zero-order valence-corrected chi connectivity index (χ0v) is 16.5. The second kappa shape index (κ2) is 8.11. The third-order valence-electron chi connectivity index (χ3n) is 4.42. The summed E-state index contributed by atoms with van der Waals surface area (Å²) < 4.78 is 11.1. The zero-order chi connectivity index (χ0) is 20.4. The van der Waals surface area contributed by atoms with E-state index in [1.165, 1.54) is 12.1 Å². The number of carbonyl (C=O) groups excluding carboxylic acids is 1. The van der Waals surface area contributed by atoms with Gasteiger partial charge in [0.25, 0.3) is 0 Å². The maximum Gasteiger partial charge on any atom is 0.345 e. The molecular weight excluding hydrogens is 411 g/mol. The SMILES string of the molecule is O=C(Oc1c(Cc2ccccc2)c(=O)oc2ccccc12)c1cc(Cl)ccc1Cl. The molecule has 0 atom stereocenters. The van der Waals surface area contributed by atoms with Gasteiger partial charge in [0.05, 0.1) is 21.5 Å². The summed E-state index contributed by atoms with van der Waals surface area (Å²) in [6, 6.07) is 20.8. The van der Waals surface area contributed by atoms with E-state index in [0.29, 0.717) is 16.0 Å². The Morgan fingerprint density at radius 2 is 1.66 bits per heavy atom. The molecule has 0 radical (unpaired) electrons. The topological polar surface area (TPSA) is 56.5 Å². The number of halogens is 2. The molecule has 0 aliphatic heterocycles. The molecule has 0 N–H and O–H groups in total. The summed E-state index contributed by atoms with van der Waals surface area (Å²) in [5.74, 6) is -0.552. The average molecular weight is 425 g/mol. The maximum atomic E-state index is 12.8. The lowest BCUT2D eigenvalue weighted by atomic mass is 10.0. The summed E-state index contributed by atoms with van der Waals surface area (Å²) in [7, 11) is 0. The Morgan fingerprint density at radius 3 is 2.45 bits per heavy atom. The van der Waals surface area contributed by atoms with Gasteiger partial charge in [-0.3, -0.25) is 0 Å². The molecule has 0 saturated carbocycles. The minimum Gasteiger partial charge on any atom is -0.422 e. The van der Waals surface area contributed by atoms with E-state index in [4.69, 9.17) is 32.4 Å². The maximum absolute atomic E-state index is 12.8. The minimum absolute atomic E-state index is 0.113. The minimum atomic E-state index is -0.706. The van der Waals surface area contributed by atoms with Crippen LogP contribution in [0.2, 0.25) is 10.0 Å². The van der Waals surface area contributed by atoms with Crippen LogP contribution < -0.4 is 10.4 Å². The van der Waals surface area contributed by atoms with Crippen molar-refractivity contribution in [2.75, 3.05) is 0 Å². The van der Waals surface area contributed by atoms with Crippen molar-refractivity contribution in [2.24, 2.45) is 0 Å². The van der Waals surface area contributed by atoms with Crippen LogP contribution >= 0.6 is 23.2 Å². The van der Waals surface area contributed by atoms with Crippen molar-refractivity contribution in [3.05, 3.63) is 110 Å². The predicted octanol–water partition coefficient (Wildman–Crippen LogP) is 5.91. The van der Waals surface area contributed by atoms with Crippen LogP contribution in [0.3, 0.4) is 0 Å². The molecule has 0 aliphatic rings. The van der Waals surface area contributed by atoms with Crippen LogP contribution in [0.5, 0.6) is 5.75 Å². The van der Waals surface area contributed by atoms with Gasteiger partial charge < -0.3 is 9.15 Å². The lowest BCUT2D eigenvalue weighted by Crippen LogP contribution is -2.16. The first kappa shape index (κ1) is 19.2. The second-order valence-corrected chi connectivity index (χ2v) is 7.21. The highest BCUT2D eigenvalue weighted by atomic mass is 35.5. The number of hydrogen-bond acceptors (Lipinski definition) is 4. The Morgan fingerprint density at radius 1 is 0.931 bits per heavy atom. The first-order valence-electron chi connectivity index (χ1n) is 8.79. The molecule has 0 unspecified atom stereocenters. The van der Waals surface area contributed by atoms with Crippen LogP contribution in [0, 0.1) is 0 Å². The molecule has 0 bridgehead atoms. The van der Waals surface area contributed by atoms with E-state index in [-0.39, 0.29) is 28.3 Å². The number of esters is 1. The molecule has 144 valence electrons. The molecule has 0 spiro atoms. The molecule has 4 aromatic rings. The summed E-state index contributed by atoms with van der Waals surface area (Å²) in [5, 5.41) is 1.07. The van der Waals surface area contributed by atoms with Crippen LogP contribution in [0.4, 0.5) is 0 Å². The van der Waals surface area contributed by atoms with Crippen LogP contribution in [0.25, 0.3) is 11.0 Å². The van der Waals surface area contributed by atoms with E-state index >= 15 is 0 Å². The van der Waals surface area contributed by atoms with Crippen molar-refractivity contribution in [1.29, 1.82) is 0 Å². The lowest BCUT2D eigenvalue weighted by Gasteiger charge is -2.13. The van der Waals surface area contributed by atoms with Crippen molar-refractivity contribution >= 4 is 40.1 Å². The van der Waals surface area contributed by atoms with Crippen LogP contribution in [-0.4, -0.2) is 5.97 Å². The highest BCUT2D eigenvalue weighted by molar-refractivity contribution is 6.35. The highest BCUT2D eigenvalue weighted by Crippen LogP contribution is 2.31. The third-order valence-corrected chi connectivity index (χ3v) is 4.99. The molecule has 1 heterocycles. The summed E-state index contributed by atoms with van der Waals surface area (Å²) in [4.78, 5) is 25.5. The quantitative estimate of drug-likeness (QED) is 0.301. The molecule has 0 fully saturated rings. The van der Waals surface area contributed by atoms with Gasteiger partial charge in [-0.05, 0) is 35.9 Å². The van der Waals surface area contributed by atoms with E-state index in [9.17, 15) is 9.59 Å². The van der Waals surface area contributed by atoms with Crippen molar-refractivity contribution in [3.8, 4) is 5.75 Å². The van der Waals surface area contributed by atoms with Gasteiger partial charge in [-0.2, -0.15) is 0 Å². The summed E-state index contributed by atoms with van der Waals surface area (Å²) >= 11 is 12.1. The van der Waals surface area contributed by atoms with Crippen LogP contribution in [0.1, 0.15) is 21.5 Å². The van der Waals surface area contributed by atoms with Crippen molar-refractivity contribution in [3.63, 3.8) is 0 Å². The first-order valence-corrected chi connectivity index (χ1v) is 9.54. The number of rotatable bonds is 4. The van der Waals surface area contributed by atoms with Crippen molar-refractivity contribution in [2.45, 2.75) is 6.42 Å². The van der Waals surface area contributed by atoms with Gasteiger partial charge in [0.2, 0.25) is 0 Å². The van der Waals surface area contributed by atoms with Gasteiger partial charge in [0.15, 0.2) is 5.75 Å². The first-order chi connectivity index (χ1) is 14.0. The molecule has 6 heteroatoms. The van der Waals surface area contributed by atoms with Gasteiger partial charge >= 0.3 is 11.6 Å². The summed E-state index contributed by atoms with van der Waals surface area (Å²) in [6.07, 6.45) is 0.250. The van der Waals surface area contributed by atoms with E-state index in [1.54, 1.807) is 30.3 Å². The van der Waals surface area contributed by atoms with Gasteiger partial charge in [-0.25, -0.2) is 9.59 Å². The van der Waals surface area contributed by atoms with E-state index in [2.05, 4.69) is 0 Å². The van der Waals surface area contributed by atoms with Crippen molar-refractivity contribution in [1.82, 2.24) is 0 Å². The fraction of sp³-hybridized carbons (Fsp3) is 0.0435. The van der Waals surface area contributed by atoms with Gasteiger partial charge in [-0.1, -0.05) is 65.7 Å².